The molecule has 0 fully saturated rings. The van der Waals surface area contributed by atoms with Gasteiger partial charge in [0.15, 0.2) is 5.69 Å². The minimum atomic E-state index is -1.03. The zero-order valence-corrected chi connectivity index (χ0v) is 8.74. The van der Waals surface area contributed by atoms with Gasteiger partial charge < -0.3 is 5.11 Å². The number of hydrogen-bond acceptors (Lipinski definition) is 4. The van der Waals surface area contributed by atoms with E-state index in [-0.39, 0.29) is 5.69 Å². The lowest BCUT2D eigenvalue weighted by Gasteiger charge is -2.02. The van der Waals surface area contributed by atoms with Crippen LogP contribution >= 0.6 is 0 Å². The summed E-state index contributed by atoms with van der Waals surface area (Å²) in [6.07, 6.45) is 3.08. The Morgan fingerprint density at radius 2 is 2.38 bits per heavy atom. The van der Waals surface area contributed by atoms with E-state index in [0.717, 1.165) is 12.4 Å². The zero-order chi connectivity index (χ0) is 11.5. The molecular formula is C9H11N5O2. The highest BCUT2D eigenvalue weighted by Crippen LogP contribution is 2.00. The van der Waals surface area contributed by atoms with Crippen molar-refractivity contribution in [2.75, 3.05) is 0 Å². The number of aromatic nitrogens is 5. The van der Waals surface area contributed by atoms with Crippen molar-refractivity contribution in [1.29, 1.82) is 0 Å². The van der Waals surface area contributed by atoms with Crippen LogP contribution in [-0.2, 0) is 13.1 Å². The van der Waals surface area contributed by atoms with Crippen LogP contribution < -0.4 is 0 Å². The number of aryl methyl sites for hydroxylation is 1. The minimum Gasteiger partial charge on any atom is -0.476 e. The molecule has 0 saturated heterocycles. The molecule has 7 heteroatoms. The molecule has 0 bridgehead atoms. The van der Waals surface area contributed by atoms with Gasteiger partial charge in [-0.25, -0.2) is 14.5 Å². The standard InChI is InChI=1S/C9H11N5O2/c1-2-14-8(10-6-11-14)5-13-4-3-7(12-13)9(15)16/h3-4,6H,2,5H2,1H3,(H,15,16). The molecule has 7 nitrogen and oxygen atoms in total. The smallest absolute Gasteiger partial charge is 0.356 e. The van der Waals surface area contributed by atoms with Gasteiger partial charge in [-0.05, 0) is 13.0 Å². The van der Waals surface area contributed by atoms with Crippen LogP contribution in [0, 0.1) is 0 Å². The molecule has 0 atom stereocenters. The van der Waals surface area contributed by atoms with Crippen LogP contribution in [0.2, 0.25) is 0 Å². The van der Waals surface area contributed by atoms with Crippen molar-refractivity contribution >= 4 is 5.97 Å². The Bertz CT molecular complexity index is 501. The molecule has 2 aromatic heterocycles. The van der Waals surface area contributed by atoms with Crippen molar-refractivity contribution in [2.45, 2.75) is 20.0 Å². The van der Waals surface area contributed by atoms with Crippen LogP contribution in [0.1, 0.15) is 23.2 Å². The zero-order valence-electron chi connectivity index (χ0n) is 8.74. The molecule has 0 unspecified atom stereocenters. The summed E-state index contributed by atoms with van der Waals surface area (Å²) < 4.78 is 3.27. The molecule has 2 heterocycles. The SMILES string of the molecule is CCn1ncnc1Cn1ccc(C(=O)O)n1. The number of carbonyl (C=O) groups is 1. The fourth-order valence-electron chi connectivity index (χ4n) is 1.38. The van der Waals surface area contributed by atoms with E-state index >= 15 is 0 Å². The van der Waals surface area contributed by atoms with E-state index < -0.39 is 5.97 Å². The van der Waals surface area contributed by atoms with Gasteiger partial charge in [0.2, 0.25) is 0 Å². The first-order valence-electron chi connectivity index (χ1n) is 4.84. The van der Waals surface area contributed by atoms with Crippen LogP contribution in [0.3, 0.4) is 0 Å². The average Bonchev–Trinajstić information content (AvgIpc) is 2.87. The minimum absolute atomic E-state index is 0.0302. The molecule has 0 aromatic carbocycles. The maximum absolute atomic E-state index is 10.6. The van der Waals surface area contributed by atoms with Crippen LogP contribution in [0.5, 0.6) is 0 Å². The molecule has 0 spiro atoms. The second-order valence-corrected chi connectivity index (χ2v) is 3.20. The summed E-state index contributed by atoms with van der Waals surface area (Å²) in [6.45, 7) is 3.10. The van der Waals surface area contributed by atoms with Gasteiger partial charge >= 0.3 is 5.97 Å². The van der Waals surface area contributed by atoms with E-state index in [9.17, 15) is 4.79 Å². The van der Waals surface area contributed by atoms with Crippen LogP contribution in [-0.4, -0.2) is 35.6 Å². The Balaban J connectivity index is 2.17. The van der Waals surface area contributed by atoms with E-state index in [0.29, 0.717) is 6.54 Å². The quantitative estimate of drug-likeness (QED) is 0.799. The molecule has 84 valence electrons. The average molecular weight is 221 g/mol. The summed E-state index contributed by atoms with van der Waals surface area (Å²) in [5.41, 5.74) is 0.0302. The lowest BCUT2D eigenvalue weighted by Crippen LogP contribution is -2.10. The molecular weight excluding hydrogens is 210 g/mol. The molecule has 0 amide bonds. The van der Waals surface area contributed by atoms with E-state index in [1.807, 2.05) is 6.92 Å². The molecule has 2 aromatic rings. The third-order valence-electron chi connectivity index (χ3n) is 2.16. The summed E-state index contributed by atoms with van der Waals surface area (Å²) >= 11 is 0. The van der Waals surface area contributed by atoms with Gasteiger partial charge in [-0.3, -0.25) is 4.68 Å². The van der Waals surface area contributed by atoms with E-state index in [1.54, 1.807) is 10.9 Å². The lowest BCUT2D eigenvalue weighted by molar-refractivity contribution is 0.0689. The van der Waals surface area contributed by atoms with E-state index in [4.69, 9.17) is 5.11 Å². The van der Waals surface area contributed by atoms with Crippen LogP contribution in [0.15, 0.2) is 18.6 Å². The summed E-state index contributed by atoms with van der Waals surface area (Å²) in [5, 5.41) is 16.6. The maximum Gasteiger partial charge on any atom is 0.356 e. The summed E-state index contributed by atoms with van der Waals surface area (Å²) in [4.78, 5) is 14.7. The number of carboxylic acids is 1. The van der Waals surface area contributed by atoms with E-state index in [2.05, 4.69) is 15.2 Å². The van der Waals surface area contributed by atoms with Gasteiger partial charge in [0.05, 0.1) is 0 Å². The number of hydrogen-bond donors (Lipinski definition) is 1. The second-order valence-electron chi connectivity index (χ2n) is 3.20. The van der Waals surface area contributed by atoms with E-state index in [1.165, 1.54) is 17.1 Å². The predicted molar refractivity (Wildman–Crippen MR) is 54.0 cm³/mol. The van der Waals surface area contributed by atoms with Crippen LogP contribution in [0.4, 0.5) is 0 Å². The lowest BCUT2D eigenvalue weighted by atomic mass is 10.5. The molecule has 0 aliphatic heterocycles. The fraction of sp³-hybridized carbons (Fsp3) is 0.333. The van der Waals surface area contributed by atoms with Crippen molar-refractivity contribution in [3.63, 3.8) is 0 Å². The Morgan fingerprint density at radius 3 is 3.00 bits per heavy atom. The Labute approximate surface area is 91.3 Å². The maximum atomic E-state index is 10.6. The molecule has 0 aliphatic carbocycles. The number of carboxylic acid groups (broad SMARTS) is 1. The van der Waals surface area contributed by atoms with Gasteiger partial charge in [0.1, 0.15) is 18.7 Å². The Kier molecular flexibility index (Phi) is 2.67. The third-order valence-corrected chi connectivity index (χ3v) is 2.16. The molecule has 1 N–H and O–H groups in total. The highest BCUT2D eigenvalue weighted by molar-refractivity contribution is 5.84. The summed E-state index contributed by atoms with van der Waals surface area (Å²) in [5.74, 6) is -0.279. The summed E-state index contributed by atoms with van der Waals surface area (Å²) in [7, 11) is 0. The van der Waals surface area contributed by atoms with Crippen molar-refractivity contribution in [3.05, 3.63) is 30.1 Å². The second kappa shape index (κ2) is 4.13. The number of aromatic carboxylic acids is 1. The Hall–Kier alpha value is -2.18. The topological polar surface area (TPSA) is 85.8 Å². The molecule has 0 saturated carbocycles. The summed E-state index contributed by atoms with van der Waals surface area (Å²) in [6, 6.07) is 1.45. The molecule has 16 heavy (non-hydrogen) atoms. The molecule has 0 radical (unpaired) electrons. The number of nitrogens with zero attached hydrogens (tertiary/aromatic N) is 5. The highest BCUT2D eigenvalue weighted by Gasteiger charge is 2.08. The van der Waals surface area contributed by atoms with Gasteiger partial charge in [-0.2, -0.15) is 10.2 Å². The first-order valence-corrected chi connectivity index (χ1v) is 4.84. The Morgan fingerprint density at radius 1 is 1.56 bits per heavy atom. The van der Waals surface area contributed by atoms with Gasteiger partial charge in [0.25, 0.3) is 0 Å². The first kappa shape index (κ1) is 10.3. The van der Waals surface area contributed by atoms with Crippen molar-refractivity contribution in [3.8, 4) is 0 Å². The predicted octanol–water partition coefficient (Wildman–Crippen LogP) is 0.241. The van der Waals surface area contributed by atoms with Gasteiger partial charge in [-0.15, -0.1) is 0 Å². The van der Waals surface area contributed by atoms with Crippen molar-refractivity contribution in [1.82, 2.24) is 24.5 Å². The normalized spacial score (nSPS) is 10.6. The van der Waals surface area contributed by atoms with Crippen molar-refractivity contribution in [2.24, 2.45) is 0 Å². The third kappa shape index (κ3) is 1.92. The van der Waals surface area contributed by atoms with Gasteiger partial charge in [-0.1, -0.05) is 0 Å². The largest absolute Gasteiger partial charge is 0.476 e. The number of rotatable bonds is 4. The van der Waals surface area contributed by atoms with Crippen molar-refractivity contribution < 1.29 is 9.90 Å². The molecule has 2 rings (SSSR count). The highest BCUT2D eigenvalue weighted by atomic mass is 16.4. The fourth-order valence-corrected chi connectivity index (χ4v) is 1.38. The van der Waals surface area contributed by atoms with Crippen LogP contribution in [0.25, 0.3) is 0 Å². The first-order chi connectivity index (χ1) is 7.70. The monoisotopic (exact) mass is 221 g/mol. The van der Waals surface area contributed by atoms with Gasteiger partial charge in [0, 0.05) is 12.7 Å². The molecule has 0 aliphatic rings.